The third kappa shape index (κ3) is 3.38. The van der Waals surface area contributed by atoms with E-state index in [4.69, 9.17) is 0 Å². The first-order valence-corrected chi connectivity index (χ1v) is 10.9. The molecule has 3 heterocycles. The summed E-state index contributed by atoms with van der Waals surface area (Å²) in [6.07, 6.45) is 1.90. The van der Waals surface area contributed by atoms with Crippen LogP contribution in [-0.2, 0) is 4.79 Å². The Hall–Kier alpha value is -3.20. The third-order valence-corrected chi connectivity index (χ3v) is 6.24. The summed E-state index contributed by atoms with van der Waals surface area (Å²) in [7, 11) is 0. The predicted octanol–water partition coefficient (Wildman–Crippen LogP) is 3.47. The number of hydrogen-bond acceptors (Lipinski definition) is 5. The van der Waals surface area contributed by atoms with Crippen LogP contribution in [0.5, 0.6) is 0 Å². The van der Waals surface area contributed by atoms with E-state index < -0.39 is 12.0 Å². The van der Waals surface area contributed by atoms with Crippen molar-refractivity contribution in [3.05, 3.63) is 68.9 Å². The minimum atomic E-state index is -0.993. The lowest BCUT2D eigenvalue weighted by Gasteiger charge is -2.21. The first kappa shape index (κ1) is 19.7. The zero-order valence-corrected chi connectivity index (χ0v) is 18.2. The molecule has 9 heteroatoms. The van der Waals surface area contributed by atoms with E-state index in [-0.39, 0.29) is 12.0 Å². The van der Waals surface area contributed by atoms with Gasteiger partial charge < -0.3 is 10.0 Å². The maximum atomic E-state index is 13.7. The molecular formula is C22H20BrN5O3. The lowest BCUT2D eigenvalue weighted by molar-refractivity contribution is -0.137. The molecule has 1 fully saturated rings. The fraction of sp³-hybridized carbons (Fsp3) is 0.273. The van der Waals surface area contributed by atoms with Gasteiger partial charge in [0.25, 0.3) is 5.56 Å². The van der Waals surface area contributed by atoms with E-state index in [2.05, 4.69) is 31.0 Å². The first-order valence-electron chi connectivity index (χ1n) is 10.1. The third-order valence-electron chi connectivity index (χ3n) is 5.75. The molecule has 1 aliphatic heterocycles. The van der Waals surface area contributed by atoms with Crippen molar-refractivity contribution in [2.24, 2.45) is 0 Å². The van der Waals surface area contributed by atoms with E-state index >= 15 is 0 Å². The summed E-state index contributed by atoms with van der Waals surface area (Å²) in [4.78, 5) is 27.6. The van der Waals surface area contributed by atoms with Crippen LogP contribution in [0.2, 0.25) is 0 Å². The van der Waals surface area contributed by atoms with Crippen LogP contribution in [0, 0.1) is 0 Å². The van der Waals surface area contributed by atoms with Crippen molar-refractivity contribution in [3.8, 4) is 0 Å². The zero-order chi connectivity index (χ0) is 21.5. The average molecular weight is 482 g/mol. The van der Waals surface area contributed by atoms with Gasteiger partial charge in [0.15, 0.2) is 0 Å². The van der Waals surface area contributed by atoms with Gasteiger partial charge >= 0.3 is 5.97 Å². The molecule has 31 heavy (non-hydrogen) atoms. The summed E-state index contributed by atoms with van der Waals surface area (Å²) in [6, 6.07) is 14.0. The van der Waals surface area contributed by atoms with Crippen molar-refractivity contribution in [2.75, 3.05) is 18.0 Å². The van der Waals surface area contributed by atoms with Crippen molar-refractivity contribution in [1.82, 2.24) is 19.2 Å². The van der Waals surface area contributed by atoms with Crippen LogP contribution < -0.4 is 10.5 Å². The molecule has 4 aromatic rings. The molecule has 0 bridgehead atoms. The van der Waals surface area contributed by atoms with Gasteiger partial charge in [0.2, 0.25) is 11.7 Å². The highest BCUT2D eigenvalue weighted by Crippen LogP contribution is 2.29. The summed E-state index contributed by atoms with van der Waals surface area (Å²) in [5, 5.41) is 18.9. The van der Waals surface area contributed by atoms with E-state index in [9.17, 15) is 14.7 Å². The number of halogens is 1. The summed E-state index contributed by atoms with van der Waals surface area (Å²) in [5.74, 6) is 0.0278. The number of carboxylic acid groups (broad SMARTS) is 1. The lowest BCUT2D eigenvalue weighted by Crippen LogP contribution is -2.30. The van der Waals surface area contributed by atoms with Gasteiger partial charge in [0, 0.05) is 17.6 Å². The Balaban J connectivity index is 1.87. The number of carboxylic acids is 1. The molecular weight excluding hydrogens is 462 g/mol. The molecule has 0 saturated carbocycles. The highest BCUT2D eigenvalue weighted by molar-refractivity contribution is 9.10. The standard InChI is InChI=1S/C22H20BrN5O3/c23-15-8-9-17-16(12-15)20(31)27(18(13-19(29)30)14-6-2-1-3-7-14)22-25-24-21(28(17)22)26-10-4-5-11-26/h1-3,6-9,12,18H,4-5,10-11,13H2,(H,29,30). The number of rotatable bonds is 5. The largest absolute Gasteiger partial charge is 0.481 e. The summed E-state index contributed by atoms with van der Waals surface area (Å²) < 4.78 is 4.13. The van der Waals surface area contributed by atoms with E-state index in [1.54, 1.807) is 6.07 Å². The van der Waals surface area contributed by atoms with Gasteiger partial charge in [-0.2, -0.15) is 0 Å². The highest BCUT2D eigenvalue weighted by Gasteiger charge is 2.27. The fourth-order valence-electron chi connectivity index (χ4n) is 4.34. The molecule has 1 aliphatic rings. The number of fused-ring (bicyclic) bond motifs is 3. The molecule has 0 spiro atoms. The van der Waals surface area contributed by atoms with Crippen LogP contribution in [0.25, 0.3) is 16.7 Å². The average Bonchev–Trinajstić information content (AvgIpc) is 3.43. The lowest BCUT2D eigenvalue weighted by atomic mass is 10.0. The van der Waals surface area contributed by atoms with Crippen molar-refractivity contribution >= 4 is 44.5 Å². The van der Waals surface area contributed by atoms with Gasteiger partial charge in [0.05, 0.1) is 23.4 Å². The number of nitrogens with zero attached hydrogens (tertiary/aromatic N) is 5. The fourth-order valence-corrected chi connectivity index (χ4v) is 4.70. The molecule has 1 atom stereocenters. The summed E-state index contributed by atoms with van der Waals surface area (Å²) >= 11 is 3.46. The SMILES string of the molecule is O=C(O)CC(c1ccccc1)n1c(=O)c2cc(Br)ccc2n2c(N3CCCC3)nnc12. The maximum Gasteiger partial charge on any atom is 0.305 e. The van der Waals surface area contributed by atoms with E-state index in [1.807, 2.05) is 46.9 Å². The van der Waals surface area contributed by atoms with E-state index in [0.29, 0.717) is 22.6 Å². The Morgan fingerprint density at radius 1 is 1.10 bits per heavy atom. The normalized spacial score (nSPS) is 15.1. The summed E-state index contributed by atoms with van der Waals surface area (Å²) in [5.41, 5.74) is 1.14. The number of aliphatic carboxylic acids is 1. The van der Waals surface area contributed by atoms with Crippen LogP contribution in [0.15, 0.2) is 57.8 Å². The number of carbonyl (C=O) groups is 1. The summed E-state index contributed by atoms with van der Waals surface area (Å²) in [6.45, 7) is 1.74. The number of benzene rings is 2. The van der Waals surface area contributed by atoms with Gasteiger partial charge in [-0.05, 0) is 36.6 Å². The Kier molecular flexibility index (Phi) is 4.97. The molecule has 8 nitrogen and oxygen atoms in total. The Morgan fingerprint density at radius 3 is 2.55 bits per heavy atom. The van der Waals surface area contributed by atoms with Gasteiger partial charge in [0.1, 0.15) is 0 Å². The van der Waals surface area contributed by atoms with Gasteiger partial charge in [-0.25, -0.2) is 4.40 Å². The topological polar surface area (TPSA) is 92.7 Å². The molecule has 0 radical (unpaired) electrons. The van der Waals surface area contributed by atoms with Gasteiger partial charge in [-0.1, -0.05) is 46.3 Å². The minimum absolute atomic E-state index is 0.245. The van der Waals surface area contributed by atoms with Crippen LogP contribution in [0.3, 0.4) is 0 Å². The van der Waals surface area contributed by atoms with Crippen LogP contribution in [0.4, 0.5) is 5.95 Å². The van der Waals surface area contributed by atoms with Crippen LogP contribution in [0.1, 0.15) is 30.9 Å². The predicted molar refractivity (Wildman–Crippen MR) is 121 cm³/mol. The monoisotopic (exact) mass is 481 g/mol. The number of anilines is 1. The van der Waals surface area contributed by atoms with Crippen molar-refractivity contribution in [2.45, 2.75) is 25.3 Å². The molecule has 0 aliphatic carbocycles. The molecule has 2 aromatic heterocycles. The highest BCUT2D eigenvalue weighted by atomic mass is 79.9. The molecule has 1 saturated heterocycles. The Morgan fingerprint density at radius 2 is 1.84 bits per heavy atom. The number of hydrogen-bond donors (Lipinski definition) is 1. The molecule has 1 unspecified atom stereocenters. The Labute approximate surface area is 185 Å². The second kappa shape index (κ2) is 7.81. The second-order valence-corrected chi connectivity index (χ2v) is 8.61. The molecule has 5 rings (SSSR count). The quantitative estimate of drug-likeness (QED) is 0.469. The molecule has 1 N–H and O–H groups in total. The Bertz CT molecular complexity index is 1340. The number of aromatic nitrogens is 4. The molecule has 0 amide bonds. The second-order valence-electron chi connectivity index (χ2n) is 7.69. The maximum absolute atomic E-state index is 13.7. The van der Waals surface area contributed by atoms with E-state index in [1.165, 1.54) is 4.57 Å². The smallest absolute Gasteiger partial charge is 0.305 e. The molecule has 2 aromatic carbocycles. The molecule has 158 valence electrons. The van der Waals surface area contributed by atoms with Crippen LogP contribution >= 0.6 is 15.9 Å². The van der Waals surface area contributed by atoms with E-state index in [0.717, 1.165) is 36.0 Å². The van der Waals surface area contributed by atoms with Crippen LogP contribution in [-0.4, -0.2) is 43.3 Å². The first-order chi connectivity index (χ1) is 15.0. The minimum Gasteiger partial charge on any atom is -0.481 e. The van der Waals surface area contributed by atoms with Crippen molar-refractivity contribution in [1.29, 1.82) is 0 Å². The van der Waals surface area contributed by atoms with Gasteiger partial charge in [-0.3, -0.25) is 14.2 Å². The van der Waals surface area contributed by atoms with Crippen molar-refractivity contribution in [3.63, 3.8) is 0 Å². The van der Waals surface area contributed by atoms with Crippen molar-refractivity contribution < 1.29 is 9.90 Å². The van der Waals surface area contributed by atoms with Gasteiger partial charge in [-0.15, -0.1) is 10.2 Å². The zero-order valence-electron chi connectivity index (χ0n) is 16.6.